The number of hydrogen-bond acceptors (Lipinski definition) is 4. The standard InChI is InChI=1S/C21H25N3O3/c1-3-27-18-6-4-17(5-7-18)23-19(25)21(11-12-21)20(26)24(2)15-10-16-8-13-22-14-9-16/h4-9,13-14H,3,10-12,15H2,1-2H3,(H,23,25). The Bertz CT molecular complexity index is 786. The average Bonchev–Trinajstić information content (AvgIpc) is 3.50. The molecule has 0 atom stereocenters. The molecule has 6 nitrogen and oxygen atoms in total. The number of carbonyl (C=O) groups is 2. The summed E-state index contributed by atoms with van der Waals surface area (Å²) >= 11 is 0. The summed E-state index contributed by atoms with van der Waals surface area (Å²) in [7, 11) is 1.76. The summed E-state index contributed by atoms with van der Waals surface area (Å²) in [6, 6.07) is 11.1. The maximum Gasteiger partial charge on any atom is 0.240 e. The maximum absolute atomic E-state index is 12.9. The zero-order valence-electron chi connectivity index (χ0n) is 15.8. The van der Waals surface area contributed by atoms with Crippen LogP contribution in [0.5, 0.6) is 5.75 Å². The van der Waals surface area contributed by atoms with Crippen molar-refractivity contribution in [2.75, 3.05) is 25.5 Å². The molecule has 1 aromatic heterocycles. The highest BCUT2D eigenvalue weighted by atomic mass is 16.5. The molecule has 142 valence electrons. The van der Waals surface area contributed by atoms with Gasteiger partial charge >= 0.3 is 0 Å². The summed E-state index contributed by atoms with van der Waals surface area (Å²) in [6.07, 6.45) is 5.40. The van der Waals surface area contributed by atoms with Crippen molar-refractivity contribution in [2.24, 2.45) is 5.41 Å². The zero-order valence-corrected chi connectivity index (χ0v) is 15.8. The number of benzene rings is 1. The third-order valence-corrected chi connectivity index (χ3v) is 4.85. The number of rotatable bonds is 8. The van der Waals surface area contributed by atoms with Crippen molar-refractivity contribution in [3.05, 3.63) is 54.4 Å². The second-order valence-electron chi connectivity index (χ2n) is 6.83. The van der Waals surface area contributed by atoms with Crippen LogP contribution in [0.3, 0.4) is 0 Å². The fourth-order valence-corrected chi connectivity index (χ4v) is 3.03. The Morgan fingerprint density at radius 1 is 1.15 bits per heavy atom. The van der Waals surface area contributed by atoms with Crippen molar-refractivity contribution in [1.82, 2.24) is 9.88 Å². The number of ether oxygens (including phenoxy) is 1. The Hall–Kier alpha value is -2.89. The quantitative estimate of drug-likeness (QED) is 0.728. The molecule has 1 aromatic carbocycles. The van der Waals surface area contributed by atoms with Crippen LogP contribution in [0.2, 0.25) is 0 Å². The Morgan fingerprint density at radius 3 is 2.41 bits per heavy atom. The lowest BCUT2D eigenvalue weighted by molar-refractivity contribution is -0.141. The van der Waals surface area contributed by atoms with E-state index in [0.29, 0.717) is 31.7 Å². The van der Waals surface area contributed by atoms with E-state index in [0.717, 1.165) is 17.7 Å². The van der Waals surface area contributed by atoms with Gasteiger partial charge in [-0.1, -0.05) is 0 Å². The fraction of sp³-hybridized carbons (Fsp3) is 0.381. The Morgan fingerprint density at radius 2 is 1.81 bits per heavy atom. The van der Waals surface area contributed by atoms with Gasteiger partial charge in [-0.05, 0) is 68.1 Å². The summed E-state index contributed by atoms with van der Waals surface area (Å²) in [6.45, 7) is 3.08. The molecule has 0 bridgehead atoms. The van der Waals surface area contributed by atoms with Gasteiger partial charge in [-0.3, -0.25) is 14.6 Å². The van der Waals surface area contributed by atoms with E-state index in [9.17, 15) is 9.59 Å². The maximum atomic E-state index is 12.9. The molecule has 6 heteroatoms. The summed E-state index contributed by atoms with van der Waals surface area (Å²) in [5.41, 5.74) is 0.862. The van der Waals surface area contributed by atoms with E-state index in [1.165, 1.54) is 0 Å². The van der Waals surface area contributed by atoms with E-state index in [1.807, 2.05) is 19.1 Å². The van der Waals surface area contributed by atoms with Gasteiger partial charge in [0.1, 0.15) is 11.2 Å². The van der Waals surface area contributed by atoms with Crippen molar-refractivity contribution < 1.29 is 14.3 Å². The van der Waals surface area contributed by atoms with Crippen LogP contribution in [-0.4, -0.2) is 41.9 Å². The molecule has 0 saturated heterocycles. The van der Waals surface area contributed by atoms with Crippen LogP contribution in [0.25, 0.3) is 0 Å². The lowest BCUT2D eigenvalue weighted by atomic mass is 10.0. The summed E-state index contributed by atoms with van der Waals surface area (Å²) < 4.78 is 5.40. The molecular formula is C21H25N3O3. The van der Waals surface area contributed by atoms with Gasteiger partial charge in [-0.15, -0.1) is 0 Å². The van der Waals surface area contributed by atoms with Crippen molar-refractivity contribution in [2.45, 2.75) is 26.2 Å². The molecule has 1 fully saturated rings. The molecule has 3 rings (SSSR count). The monoisotopic (exact) mass is 367 g/mol. The van der Waals surface area contributed by atoms with Crippen LogP contribution in [0.15, 0.2) is 48.8 Å². The largest absolute Gasteiger partial charge is 0.494 e. The van der Waals surface area contributed by atoms with Crippen molar-refractivity contribution in [1.29, 1.82) is 0 Å². The molecule has 27 heavy (non-hydrogen) atoms. The van der Waals surface area contributed by atoms with Crippen LogP contribution < -0.4 is 10.1 Å². The molecule has 1 aliphatic carbocycles. The van der Waals surface area contributed by atoms with Gasteiger partial charge in [0.2, 0.25) is 11.8 Å². The highest BCUT2D eigenvalue weighted by molar-refractivity contribution is 6.12. The van der Waals surface area contributed by atoms with Crippen molar-refractivity contribution >= 4 is 17.5 Å². The van der Waals surface area contributed by atoms with Crippen LogP contribution in [0.1, 0.15) is 25.3 Å². The van der Waals surface area contributed by atoms with E-state index in [1.54, 1.807) is 48.6 Å². The minimum absolute atomic E-state index is 0.111. The Kier molecular flexibility index (Phi) is 5.74. The number of hydrogen-bond donors (Lipinski definition) is 1. The molecule has 1 heterocycles. The highest BCUT2D eigenvalue weighted by Crippen LogP contribution is 2.48. The van der Waals surface area contributed by atoms with E-state index < -0.39 is 5.41 Å². The predicted molar refractivity (Wildman–Crippen MR) is 103 cm³/mol. The first-order chi connectivity index (χ1) is 13.0. The van der Waals surface area contributed by atoms with E-state index >= 15 is 0 Å². The third kappa shape index (κ3) is 4.45. The fourth-order valence-electron chi connectivity index (χ4n) is 3.03. The number of anilines is 1. The van der Waals surface area contributed by atoms with Crippen LogP contribution in [0, 0.1) is 5.41 Å². The third-order valence-electron chi connectivity index (χ3n) is 4.85. The van der Waals surface area contributed by atoms with Crippen LogP contribution in [-0.2, 0) is 16.0 Å². The van der Waals surface area contributed by atoms with Gasteiger partial charge in [0, 0.05) is 31.7 Å². The molecule has 0 spiro atoms. The lowest BCUT2D eigenvalue weighted by Crippen LogP contribution is -2.41. The normalized spacial score (nSPS) is 14.3. The van der Waals surface area contributed by atoms with Crippen LogP contribution in [0.4, 0.5) is 5.69 Å². The van der Waals surface area contributed by atoms with Gasteiger partial charge in [0.15, 0.2) is 0 Å². The predicted octanol–water partition coefficient (Wildman–Crippen LogP) is 2.90. The number of nitrogens with zero attached hydrogens (tertiary/aromatic N) is 2. The second kappa shape index (κ2) is 8.20. The number of likely N-dealkylation sites (N-methyl/N-ethyl adjacent to an activating group) is 1. The molecule has 0 unspecified atom stereocenters. The first-order valence-electron chi connectivity index (χ1n) is 9.24. The smallest absolute Gasteiger partial charge is 0.240 e. The Labute approximate surface area is 159 Å². The summed E-state index contributed by atoms with van der Waals surface area (Å²) in [5.74, 6) is 0.413. The molecule has 1 saturated carbocycles. The second-order valence-corrected chi connectivity index (χ2v) is 6.83. The van der Waals surface area contributed by atoms with E-state index in [-0.39, 0.29) is 11.8 Å². The number of amides is 2. The first kappa shape index (κ1) is 18.9. The number of pyridine rings is 1. The molecular weight excluding hydrogens is 342 g/mol. The van der Waals surface area contributed by atoms with Crippen molar-refractivity contribution in [3.8, 4) is 5.75 Å². The van der Waals surface area contributed by atoms with Gasteiger partial charge in [0.25, 0.3) is 0 Å². The van der Waals surface area contributed by atoms with Gasteiger partial charge in [0.05, 0.1) is 6.61 Å². The summed E-state index contributed by atoms with van der Waals surface area (Å²) in [4.78, 5) is 31.2. The molecule has 0 radical (unpaired) electrons. The number of carbonyl (C=O) groups excluding carboxylic acids is 2. The van der Waals surface area contributed by atoms with Gasteiger partial charge in [-0.2, -0.15) is 0 Å². The van der Waals surface area contributed by atoms with Gasteiger partial charge in [-0.25, -0.2) is 0 Å². The minimum atomic E-state index is -0.925. The number of nitrogens with one attached hydrogen (secondary N) is 1. The first-order valence-corrected chi connectivity index (χ1v) is 9.24. The lowest BCUT2D eigenvalue weighted by Gasteiger charge is -2.23. The zero-order chi connectivity index (χ0) is 19.3. The topological polar surface area (TPSA) is 71.5 Å². The van der Waals surface area contributed by atoms with E-state index in [2.05, 4.69) is 10.3 Å². The average molecular weight is 367 g/mol. The molecule has 1 N–H and O–H groups in total. The van der Waals surface area contributed by atoms with Crippen LogP contribution >= 0.6 is 0 Å². The molecule has 2 aromatic rings. The van der Waals surface area contributed by atoms with Gasteiger partial charge < -0.3 is 15.0 Å². The molecule has 1 aliphatic rings. The summed E-state index contributed by atoms with van der Waals surface area (Å²) in [5, 5.41) is 2.87. The molecule has 2 amide bonds. The molecule has 0 aliphatic heterocycles. The Balaban J connectivity index is 1.57. The van der Waals surface area contributed by atoms with Crippen molar-refractivity contribution in [3.63, 3.8) is 0 Å². The minimum Gasteiger partial charge on any atom is -0.494 e. The number of aromatic nitrogens is 1. The SMILES string of the molecule is CCOc1ccc(NC(=O)C2(C(=O)N(C)CCc3ccncc3)CC2)cc1. The highest BCUT2D eigenvalue weighted by Gasteiger charge is 2.57. The van der Waals surface area contributed by atoms with E-state index in [4.69, 9.17) is 4.74 Å².